The largest absolute Gasteiger partial charge is 0.756 e. The molecule has 9 nitrogen and oxygen atoms in total. The monoisotopic (exact) mass is 954 g/mol. The number of esters is 2. The van der Waals surface area contributed by atoms with Gasteiger partial charge in [0.15, 0.2) is 6.10 Å². The van der Waals surface area contributed by atoms with Crippen LogP contribution < -0.4 is 4.89 Å². The minimum atomic E-state index is -4.65. The van der Waals surface area contributed by atoms with E-state index in [9.17, 15) is 19.0 Å². The Bertz CT molecular complexity index is 1500. The molecule has 0 spiro atoms. The maximum atomic E-state index is 12.7. The summed E-state index contributed by atoms with van der Waals surface area (Å²) in [4.78, 5) is 37.7. The van der Waals surface area contributed by atoms with E-state index in [1.54, 1.807) is 0 Å². The van der Waals surface area contributed by atoms with Gasteiger partial charge in [-0.15, -0.1) is 0 Å². The number of carbonyl (C=O) groups is 2. The van der Waals surface area contributed by atoms with Gasteiger partial charge in [-0.25, -0.2) is 0 Å². The number of carbonyl (C=O) groups excluding carboxylic acids is 2. The lowest BCUT2D eigenvalue weighted by Crippen LogP contribution is -2.37. The molecule has 0 aromatic heterocycles. The maximum absolute atomic E-state index is 12.7. The van der Waals surface area contributed by atoms with Crippen molar-refractivity contribution < 1.29 is 42.1 Å². The van der Waals surface area contributed by atoms with Gasteiger partial charge in [0, 0.05) is 12.8 Å². The number of allylic oxidation sites excluding steroid dienone is 18. The molecule has 0 saturated heterocycles. The summed E-state index contributed by atoms with van der Waals surface area (Å²) in [5.74, 6) is -0.882. The van der Waals surface area contributed by atoms with Gasteiger partial charge in [-0.3, -0.25) is 14.2 Å². The summed E-state index contributed by atoms with van der Waals surface area (Å²) < 4.78 is 34.0. The number of hydrogen-bond donors (Lipinski definition) is 0. The summed E-state index contributed by atoms with van der Waals surface area (Å²) in [6.07, 6.45) is 65.5. The van der Waals surface area contributed by atoms with Gasteiger partial charge in [0.2, 0.25) is 0 Å². The van der Waals surface area contributed by atoms with Crippen LogP contribution in [-0.2, 0) is 32.7 Å². The average Bonchev–Trinajstić information content (AvgIpc) is 3.29. The lowest BCUT2D eigenvalue weighted by Gasteiger charge is -2.28. The number of hydrogen-bond acceptors (Lipinski definition) is 8. The fraction of sp³-hybridized carbons (Fsp3) is 0.649. The first-order chi connectivity index (χ1) is 32.5. The highest BCUT2D eigenvalue weighted by atomic mass is 31.2. The Morgan fingerprint density at radius 1 is 0.478 bits per heavy atom. The van der Waals surface area contributed by atoms with Crippen molar-refractivity contribution in [2.24, 2.45) is 0 Å². The van der Waals surface area contributed by atoms with Crippen molar-refractivity contribution >= 4 is 19.8 Å². The molecule has 10 heteroatoms. The Balaban J connectivity index is 4.32. The predicted octanol–water partition coefficient (Wildman–Crippen LogP) is 15.2. The Morgan fingerprint density at radius 2 is 0.851 bits per heavy atom. The van der Waals surface area contributed by atoms with Crippen LogP contribution in [0, 0.1) is 0 Å². The van der Waals surface area contributed by atoms with Crippen LogP contribution in [0.3, 0.4) is 0 Å². The summed E-state index contributed by atoms with van der Waals surface area (Å²) in [6, 6.07) is 0. The van der Waals surface area contributed by atoms with Crippen molar-refractivity contribution in [2.75, 3.05) is 47.5 Å². The highest BCUT2D eigenvalue weighted by Gasteiger charge is 2.21. The number of quaternary nitrogens is 1. The van der Waals surface area contributed by atoms with Gasteiger partial charge in [-0.1, -0.05) is 181 Å². The van der Waals surface area contributed by atoms with Crippen LogP contribution in [0.5, 0.6) is 0 Å². The van der Waals surface area contributed by atoms with Gasteiger partial charge in [-0.2, -0.15) is 0 Å². The molecule has 0 aliphatic heterocycles. The second kappa shape index (κ2) is 47.7. The highest BCUT2D eigenvalue weighted by molar-refractivity contribution is 7.45. The molecule has 2 unspecified atom stereocenters. The molecular weight excluding hydrogens is 858 g/mol. The van der Waals surface area contributed by atoms with Crippen LogP contribution in [-0.4, -0.2) is 70.0 Å². The fourth-order valence-electron chi connectivity index (χ4n) is 6.49. The molecular formula is C57H96NO8P. The highest BCUT2D eigenvalue weighted by Crippen LogP contribution is 2.38. The first-order valence-corrected chi connectivity index (χ1v) is 27.6. The molecule has 67 heavy (non-hydrogen) atoms. The van der Waals surface area contributed by atoms with Crippen LogP contribution >= 0.6 is 7.82 Å². The molecule has 0 aromatic rings. The van der Waals surface area contributed by atoms with E-state index in [2.05, 4.69) is 123 Å². The molecule has 0 saturated carbocycles. The Hall–Kier alpha value is -3.33. The van der Waals surface area contributed by atoms with Gasteiger partial charge < -0.3 is 27.9 Å². The van der Waals surface area contributed by atoms with Crippen LogP contribution in [0.4, 0.5) is 0 Å². The zero-order chi connectivity index (χ0) is 49.2. The summed E-state index contributed by atoms with van der Waals surface area (Å²) >= 11 is 0. The van der Waals surface area contributed by atoms with Gasteiger partial charge in [0.25, 0.3) is 7.82 Å². The Labute approximate surface area is 410 Å². The third kappa shape index (κ3) is 51.9. The third-order valence-corrected chi connectivity index (χ3v) is 11.5. The van der Waals surface area contributed by atoms with Gasteiger partial charge in [0.05, 0.1) is 27.7 Å². The number of rotatable bonds is 46. The molecule has 0 bridgehead atoms. The number of ether oxygens (including phenoxy) is 2. The zero-order valence-electron chi connectivity index (χ0n) is 43.1. The smallest absolute Gasteiger partial charge is 0.306 e. The van der Waals surface area contributed by atoms with E-state index in [1.165, 1.54) is 38.5 Å². The van der Waals surface area contributed by atoms with E-state index in [0.717, 1.165) is 109 Å². The molecule has 0 aliphatic carbocycles. The molecule has 0 heterocycles. The van der Waals surface area contributed by atoms with Gasteiger partial charge in [-0.05, 0) is 103 Å². The molecule has 2 atom stereocenters. The van der Waals surface area contributed by atoms with Crippen molar-refractivity contribution in [3.8, 4) is 0 Å². The van der Waals surface area contributed by atoms with Crippen LogP contribution in [0.2, 0.25) is 0 Å². The Morgan fingerprint density at radius 3 is 1.28 bits per heavy atom. The number of likely N-dealkylation sites (N-methyl/N-ethyl adjacent to an activating group) is 1. The SMILES string of the molecule is CC/C=C\C/C=C\C/C=C\C/C=C\C/C=C\C/C=C\C/C=C\C/C=C\CCCCCCC(=O)OC(COC(=O)CCCCCCC/C=C\CCCCCCC)COP(=O)([O-])OCC[N+](C)(C)C. The molecule has 0 rings (SSSR count). The molecule has 0 aliphatic rings. The Kier molecular flexibility index (Phi) is 45.4. The summed E-state index contributed by atoms with van der Waals surface area (Å²) in [6.45, 7) is 4.05. The first kappa shape index (κ1) is 63.7. The third-order valence-electron chi connectivity index (χ3n) is 10.5. The topological polar surface area (TPSA) is 111 Å². The number of phosphoric ester groups is 1. The quantitative estimate of drug-likeness (QED) is 0.0195. The average molecular weight is 954 g/mol. The standard InChI is InChI=1S/C57H96NO8P/c1-6-8-10-12-14-16-18-20-22-23-24-25-26-27-28-29-30-31-32-33-34-35-36-38-40-42-44-46-48-50-57(60)66-55(54-65-67(61,62)64-52-51-58(3,4)5)53-63-56(59)49-47-45-43-41-39-37-21-19-17-15-13-11-9-7-2/h8,10,14,16,19-22,24-25,27-28,30-31,33-34,36,38,55H,6-7,9,11-13,15,17-18,23,26,29,32,35,37,39-54H2,1-5H3/b10-8-,16-14-,21-19-,22-20-,25-24-,28-27-,31-30-,34-33-,38-36-. The van der Waals surface area contributed by atoms with Crippen molar-refractivity contribution in [3.05, 3.63) is 109 Å². The second-order valence-electron chi connectivity index (χ2n) is 18.1. The first-order valence-electron chi connectivity index (χ1n) is 26.1. The van der Waals surface area contributed by atoms with E-state index in [-0.39, 0.29) is 26.1 Å². The zero-order valence-corrected chi connectivity index (χ0v) is 43.9. The van der Waals surface area contributed by atoms with E-state index in [1.807, 2.05) is 21.1 Å². The second-order valence-corrected chi connectivity index (χ2v) is 19.6. The van der Waals surface area contributed by atoms with Crippen molar-refractivity contribution in [1.29, 1.82) is 0 Å². The summed E-state index contributed by atoms with van der Waals surface area (Å²) in [7, 11) is 1.13. The predicted molar refractivity (Wildman–Crippen MR) is 282 cm³/mol. The fourth-order valence-corrected chi connectivity index (χ4v) is 7.22. The van der Waals surface area contributed by atoms with Crippen LogP contribution in [0.15, 0.2) is 109 Å². The van der Waals surface area contributed by atoms with E-state index < -0.39 is 32.5 Å². The van der Waals surface area contributed by atoms with Crippen LogP contribution in [0.1, 0.15) is 187 Å². The normalized spacial score (nSPS) is 14.3. The van der Waals surface area contributed by atoms with Crippen LogP contribution in [0.25, 0.3) is 0 Å². The number of nitrogens with zero attached hydrogens (tertiary/aromatic N) is 1. The molecule has 0 N–H and O–H groups in total. The van der Waals surface area contributed by atoms with Crippen molar-refractivity contribution in [3.63, 3.8) is 0 Å². The number of unbranched alkanes of at least 4 members (excludes halogenated alkanes) is 14. The summed E-state index contributed by atoms with van der Waals surface area (Å²) in [5.41, 5.74) is 0. The molecule has 0 amide bonds. The molecule has 0 radical (unpaired) electrons. The lowest BCUT2D eigenvalue weighted by atomic mass is 10.1. The molecule has 0 aromatic carbocycles. The summed E-state index contributed by atoms with van der Waals surface area (Å²) in [5, 5.41) is 0. The lowest BCUT2D eigenvalue weighted by molar-refractivity contribution is -0.870. The molecule has 382 valence electrons. The molecule has 0 fully saturated rings. The van der Waals surface area contributed by atoms with Crippen molar-refractivity contribution in [1.82, 2.24) is 0 Å². The van der Waals surface area contributed by atoms with Gasteiger partial charge in [0.1, 0.15) is 19.8 Å². The van der Waals surface area contributed by atoms with E-state index in [0.29, 0.717) is 23.9 Å². The van der Waals surface area contributed by atoms with E-state index >= 15 is 0 Å². The van der Waals surface area contributed by atoms with Gasteiger partial charge >= 0.3 is 11.9 Å². The minimum absolute atomic E-state index is 0.0435. The number of phosphoric acid groups is 1. The maximum Gasteiger partial charge on any atom is 0.306 e. The minimum Gasteiger partial charge on any atom is -0.756 e. The van der Waals surface area contributed by atoms with Crippen molar-refractivity contribution in [2.45, 2.75) is 193 Å². The van der Waals surface area contributed by atoms with E-state index in [4.69, 9.17) is 18.5 Å².